The van der Waals surface area contributed by atoms with E-state index >= 15 is 0 Å². The maximum atomic E-state index is 12.1. The summed E-state index contributed by atoms with van der Waals surface area (Å²) >= 11 is 0. The van der Waals surface area contributed by atoms with Gasteiger partial charge in [0.25, 0.3) is 15.8 Å². The van der Waals surface area contributed by atoms with Crippen LogP contribution in [0.2, 0.25) is 0 Å². The highest BCUT2D eigenvalue weighted by molar-refractivity contribution is 7.86. The van der Waals surface area contributed by atoms with Crippen LogP contribution in [0.25, 0.3) is 0 Å². The summed E-state index contributed by atoms with van der Waals surface area (Å²) in [6.45, 7) is 1.79. The van der Waals surface area contributed by atoms with E-state index in [4.69, 9.17) is 18.9 Å². The zero-order valence-corrected chi connectivity index (χ0v) is 16.1. The van der Waals surface area contributed by atoms with Crippen LogP contribution >= 0.6 is 0 Å². The molecule has 148 valence electrons. The Morgan fingerprint density at radius 1 is 1.14 bits per heavy atom. The maximum Gasteiger partial charge on any atom is 0.296 e. The van der Waals surface area contributed by atoms with E-state index in [2.05, 4.69) is 0 Å². The Morgan fingerprint density at radius 2 is 1.82 bits per heavy atom. The Morgan fingerprint density at radius 3 is 2.39 bits per heavy atom. The van der Waals surface area contributed by atoms with E-state index in [1.54, 1.807) is 18.2 Å². The fourth-order valence-electron chi connectivity index (χ4n) is 2.24. The molecule has 28 heavy (non-hydrogen) atoms. The third-order valence-electron chi connectivity index (χ3n) is 3.69. The molecular formula is C18H18N2O7S. The summed E-state index contributed by atoms with van der Waals surface area (Å²) in [5.74, 6) is 0.241. The number of nitro groups is 1. The molecule has 2 rings (SSSR count). The lowest BCUT2D eigenvalue weighted by molar-refractivity contribution is -0.385. The third kappa shape index (κ3) is 5.18. The smallest absolute Gasteiger partial charge is 0.296 e. The summed E-state index contributed by atoms with van der Waals surface area (Å²) in [5.41, 5.74) is 0.374. The van der Waals surface area contributed by atoms with Crippen LogP contribution in [0.5, 0.6) is 11.5 Å². The molecule has 0 fully saturated rings. The Labute approximate surface area is 162 Å². The highest BCUT2D eigenvalue weighted by Gasteiger charge is 2.20. The predicted molar refractivity (Wildman–Crippen MR) is 98.8 cm³/mol. The van der Waals surface area contributed by atoms with E-state index in [0.717, 1.165) is 11.6 Å². The van der Waals surface area contributed by atoms with Crippen molar-refractivity contribution in [1.29, 1.82) is 5.26 Å². The summed E-state index contributed by atoms with van der Waals surface area (Å²) < 4.78 is 39.6. The molecule has 9 nitrogen and oxygen atoms in total. The number of nitro benzene ring substituents is 1. The number of rotatable bonds is 9. The normalized spacial score (nSPS) is 10.9. The van der Waals surface area contributed by atoms with Crippen LogP contribution in [0.4, 0.5) is 5.69 Å². The molecule has 0 spiro atoms. The van der Waals surface area contributed by atoms with Gasteiger partial charge in [-0.25, -0.2) is 0 Å². The molecule has 0 radical (unpaired) electrons. The molecule has 10 heteroatoms. The van der Waals surface area contributed by atoms with E-state index in [-0.39, 0.29) is 47.3 Å². The maximum absolute atomic E-state index is 12.1. The van der Waals surface area contributed by atoms with Gasteiger partial charge < -0.3 is 9.47 Å². The fraction of sp³-hybridized carbons (Fsp3) is 0.278. The van der Waals surface area contributed by atoms with Crippen LogP contribution in [0.1, 0.15) is 17.5 Å². The van der Waals surface area contributed by atoms with E-state index < -0.39 is 15.0 Å². The number of aryl methyl sites for hydroxylation is 1. The Bertz CT molecular complexity index is 996. The summed E-state index contributed by atoms with van der Waals surface area (Å²) in [6, 6.07) is 10.3. The molecule has 0 unspecified atom stereocenters. The van der Waals surface area contributed by atoms with Gasteiger partial charge in [0.1, 0.15) is 11.6 Å². The van der Waals surface area contributed by atoms with Gasteiger partial charge in [0.15, 0.2) is 11.5 Å². The monoisotopic (exact) mass is 406 g/mol. The van der Waals surface area contributed by atoms with Gasteiger partial charge in [-0.3, -0.25) is 14.3 Å². The van der Waals surface area contributed by atoms with Gasteiger partial charge in [-0.05, 0) is 19.1 Å². The van der Waals surface area contributed by atoms with Crippen LogP contribution < -0.4 is 9.47 Å². The Balaban J connectivity index is 1.95. The van der Waals surface area contributed by atoms with Crippen molar-refractivity contribution < 1.29 is 27.0 Å². The summed E-state index contributed by atoms with van der Waals surface area (Å²) in [5, 5.41) is 20.0. The van der Waals surface area contributed by atoms with Crippen molar-refractivity contribution in [2.24, 2.45) is 0 Å². The molecule has 2 aromatic carbocycles. The minimum Gasteiger partial charge on any atom is -0.493 e. The number of benzene rings is 2. The van der Waals surface area contributed by atoms with Crippen LogP contribution in [0.15, 0.2) is 41.3 Å². The number of hydrogen-bond donors (Lipinski definition) is 0. The van der Waals surface area contributed by atoms with Crippen LogP contribution in [0, 0.1) is 28.4 Å². The number of nitrogens with zero attached hydrogens (tertiary/aromatic N) is 2. The molecule has 0 aliphatic carbocycles. The molecule has 0 aromatic heterocycles. The largest absolute Gasteiger partial charge is 0.493 e. The Kier molecular flexibility index (Phi) is 6.92. The molecule has 0 bridgehead atoms. The van der Waals surface area contributed by atoms with Crippen molar-refractivity contribution in [2.75, 3.05) is 20.3 Å². The van der Waals surface area contributed by atoms with Crippen molar-refractivity contribution in [1.82, 2.24) is 0 Å². The van der Waals surface area contributed by atoms with Crippen LogP contribution in [0.3, 0.4) is 0 Å². The lowest BCUT2D eigenvalue weighted by atomic mass is 10.1. The van der Waals surface area contributed by atoms with Crippen LogP contribution in [-0.2, 0) is 14.3 Å². The second kappa shape index (κ2) is 9.16. The molecule has 2 aromatic rings. The summed E-state index contributed by atoms with van der Waals surface area (Å²) in [7, 11) is -2.54. The molecule has 0 atom stereocenters. The topological polar surface area (TPSA) is 129 Å². The number of methoxy groups -OCH3 is 1. The van der Waals surface area contributed by atoms with E-state index in [1.807, 2.05) is 6.92 Å². The zero-order chi connectivity index (χ0) is 20.7. The number of ether oxygens (including phenoxy) is 2. The van der Waals surface area contributed by atoms with Gasteiger partial charge in [-0.1, -0.05) is 17.7 Å². The van der Waals surface area contributed by atoms with Gasteiger partial charge in [-0.2, -0.15) is 13.7 Å². The molecule has 0 saturated carbocycles. The quantitative estimate of drug-likeness (QED) is 0.269. The third-order valence-corrected chi connectivity index (χ3v) is 5.02. The second-order valence-corrected chi connectivity index (χ2v) is 7.30. The molecular weight excluding hydrogens is 388 g/mol. The van der Waals surface area contributed by atoms with Gasteiger partial charge in [0.05, 0.1) is 36.2 Å². The first-order valence-electron chi connectivity index (χ1n) is 8.14. The minimum atomic E-state index is -3.86. The van der Waals surface area contributed by atoms with Gasteiger partial charge in [0, 0.05) is 12.5 Å². The van der Waals surface area contributed by atoms with Gasteiger partial charge >= 0.3 is 0 Å². The average molecular weight is 406 g/mol. The average Bonchev–Trinajstić information content (AvgIpc) is 2.67. The highest BCUT2D eigenvalue weighted by atomic mass is 32.2. The van der Waals surface area contributed by atoms with Crippen molar-refractivity contribution in [2.45, 2.75) is 18.2 Å². The lowest BCUT2D eigenvalue weighted by Gasteiger charge is -2.11. The molecule has 0 N–H and O–H groups in total. The van der Waals surface area contributed by atoms with E-state index in [0.29, 0.717) is 0 Å². The van der Waals surface area contributed by atoms with E-state index in [9.17, 15) is 18.5 Å². The second-order valence-electron chi connectivity index (χ2n) is 5.68. The van der Waals surface area contributed by atoms with Crippen molar-refractivity contribution in [3.05, 3.63) is 57.6 Å². The number of nitriles is 1. The zero-order valence-electron chi connectivity index (χ0n) is 15.2. The molecule has 0 heterocycles. The molecule has 0 amide bonds. The Hall–Kier alpha value is -3.16. The van der Waals surface area contributed by atoms with Crippen LogP contribution in [-0.4, -0.2) is 33.7 Å². The number of hydrogen-bond acceptors (Lipinski definition) is 8. The fourth-order valence-corrected chi connectivity index (χ4v) is 3.19. The standard InChI is InChI=1S/C18H18N2O7S/c1-13-4-6-15(7-5-13)28(23,24)27-9-3-8-26-18-10-14(12-19)16(20(21)22)11-17(18)25-2/h4-7,10-11H,3,8-9H2,1-2H3. The summed E-state index contributed by atoms with van der Waals surface area (Å²) in [4.78, 5) is 10.4. The van der Waals surface area contributed by atoms with Crippen molar-refractivity contribution in [3.63, 3.8) is 0 Å². The van der Waals surface area contributed by atoms with E-state index in [1.165, 1.54) is 25.3 Å². The first-order chi connectivity index (χ1) is 13.3. The minimum absolute atomic E-state index is 0.0580. The van der Waals surface area contributed by atoms with Gasteiger partial charge in [0.2, 0.25) is 0 Å². The predicted octanol–water partition coefficient (Wildman–Crippen LogP) is 2.96. The lowest BCUT2D eigenvalue weighted by Crippen LogP contribution is -2.10. The highest BCUT2D eigenvalue weighted by Crippen LogP contribution is 2.34. The van der Waals surface area contributed by atoms with Crippen molar-refractivity contribution >= 4 is 15.8 Å². The first kappa shape index (κ1) is 21.1. The molecule has 0 aliphatic rings. The molecule has 0 aliphatic heterocycles. The SMILES string of the molecule is COc1cc([N+](=O)[O-])c(C#N)cc1OCCCOS(=O)(=O)c1ccc(C)cc1. The summed E-state index contributed by atoms with van der Waals surface area (Å²) in [6.07, 6.45) is 0.229. The molecule has 0 saturated heterocycles. The first-order valence-corrected chi connectivity index (χ1v) is 9.54. The van der Waals surface area contributed by atoms with Gasteiger partial charge in [-0.15, -0.1) is 0 Å². The van der Waals surface area contributed by atoms with Crippen molar-refractivity contribution in [3.8, 4) is 17.6 Å².